The summed E-state index contributed by atoms with van der Waals surface area (Å²) in [5.74, 6) is -1.25. The van der Waals surface area contributed by atoms with Gasteiger partial charge in [0.2, 0.25) is 10.0 Å². The van der Waals surface area contributed by atoms with Crippen molar-refractivity contribution in [1.82, 2.24) is 4.72 Å². The van der Waals surface area contributed by atoms with E-state index in [-0.39, 0.29) is 29.9 Å². The van der Waals surface area contributed by atoms with E-state index < -0.39 is 16.0 Å². The molecule has 2 atom stereocenters. The number of hydrogen-bond acceptors (Lipinski definition) is 4. The van der Waals surface area contributed by atoms with E-state index in [9.17, 15) is 18.3 Å². The lowest BCUT2D eigenvalue weighted by molar-refractivity contribution is 0.0697. The Labute approximate surface area is 123 Å². The first-order valence-corrected chi connectivity index (χ1v) is 8.49. The van der Waals surface area contributed by atoms with Gasteiger partial charge in [-0.15, -0.1) is 0 Å². The SMILES string of the molecule is O=C(O)c1ccc(CS(=O)(=O)NC2CCCC2CO)cc1. The molecule has 2 unspecified atom stereocenters. The van der Waals surface area contributed by atoms with E-state index in [2.05, 4.69) is 4.72 Å². The third kappa shape index (κ3) is 4.26. The fourth-order valence-corrected chi connectivity index (χ4v) is 4.13. The Morgan fingerprint density at radius 1 is 1.24 bits per heavy atom. The fraction of sp³-hybridized carbons (Fsp3) is 0.500. The third-order valence-electron chi connectivity index (χ3n) is 3.78. The van der Waals surface area contributed by atoms with E-state index in [1.165, 1.54) is 24.3 Å². The van der Waals surface area contributed by atoms with Gasteiger partial charge in [0.1, 0.15) is 0 Å². The van der Waals surface area contributed by atoms with Crippen LogP contribution in [0.2, 0.25) is 0 Å². The van der Waals surface area contributed by atoms with Crippen LogP contribution in [0.3, 0.4) is 0 Å². The number of carbonyl (C=O) groups is 1. The van der Waals surface area contributed by atoms with Gasteiger partial charge in [-0.1, -0.05) is 18.6 Å². The molecule has 0 aliphatic heterocycles. The van der Waals surface area contributed by atoms with Crippen LogP contribution >= 0.6 is 0 Å². The minimum atomic E-state index is -3.50. The van der Waals surface area contributed by atoms with E-state index in [0.717, 1.165) is 19.3 Å². The monoisotopic (exact) mass is 313 g/mol. The maximum absolute atomic E-state index is 12.1. The number of aliphatic hydroxyl groups is 1. The second-order valence-corrected chi connectivity index (χ2v) is 7.11. The zero-order valence-electron chi connectivity index (χ0n) is 11.5. The summed E-state index contributed by atoms with van der Waals surface area (Å²) in [4.78, 5) is 10.7. The Morgan fingerprint density at radius 2 is 1.90 bits per heavy atom. The smallest absolute Gasteiger partial charge is 0.335 e. The zero-order chi connectivity index (χ0) is 15.5. The van der Waals surface area contributed by atoms with Crippen LogP contribution in [-0.2, 0) is 15.8 Å². The molecule has 0 amide bonds. The number of hydrogen-bond donors (Lipinski definition) is 3. The molecule has 1 fully saturated rings. The number of benzene rings is 1. The molecule has 0 saturated heterocycles. The molecule has 116 valence electrons. The quantitative estimate of drug-likeness (QED) is 0.726. The standard InChI is InChI=1S/C14H19NO5S/c16-8-12-2-1-3-13(12)15-21(19,20)9-10-4-6-11(7-5-10)14(17)18/h4-7,12-13,15-16H,1-3,8-9H2,(H,17,18). The van der Waals surface area contributed by atoms with Crippen molar-refractivity contribution in [2.45, 2.75) is 31.1 Å². The van der Waals surface area contributed by atoms with E-state index in [0.29, 0.717) is 5.56 Å². The van der Waals surface area contributed by atoms with E-state index in [1.807, 2.05) is 0 Å². The van der Waals surface area contributed by atoms with Gasteiger partial charge in [0.15, 0.2) is 0 Å². The molecule has 1 aliphatic rings. The van der Waals surface area contributed by atoms with Crippen molar-refractivity contribution < 1.29 is 23.4 Å². The van der Waals surface area contributed by atoms with Gasteiger partial charge in [0.25, 0.3) is 0 Å². The number of nitrogens with one attached hydrogen (secondary N) is 1. The summed E-state index contributed by atoms with van der Waals surface area (Å²) in [5, 5.41) is 18.0. The largest absolute Gasteiger partial charge is 0.478 e. The number of rotatable bonds is 6. The topological polar surface area (TPSA) is 104 Å². The van der Waals surface area contributed by atoms with Gasteiger partial charge < -0.3 is 10.2 Å². The van der Waals surface area contributed by atoms with Crippen LogP contribution in [-0.4, -0.2) is 37.2 Å². The second kappa shape index (κ2) is 6.55. The van der Waals surface area contributed by atoms with Crippen molar-refractivity contribution in [2.24, 2.45) is 5.92 Å². The van der Waals surface area contributed by atoms with Gasteiger partial charge in [0.05, 0.1) is 11.3 Å². The van der Waals surface area contributed by atoms with Gasteiger partial charge in [-0.2, -0.15) is 0 Å². The van der Waals surface area contributed by atoms with Gasteiger partial charge >= 0.3 is 5.97 Å². The Balaban J connectivity index is 2.02. The maximum Gasteiger partial charge on any atom is 0.335 e. The lowest BCUT2D eigenvalue weighted by Crippen LogP contribution is -2.39. The molecule has 0 aromatic heterocycles. The van der Waals surface area contributed by atoms with E-state index >= 15 is 0 Å². The van der Waals surface area contributed by atoms with Gasteiger partial charge in [-0.05, 0) is 36.5 Å². The van der Waals surface area contributed by atoms with Crippen LogP contribution in [0.4, 0.5) is 0 Å². The van der Waals surface area contributed by atoms with Gasteiger partial charge in [-0.25, -0.2) is 17.9 Å². The molecule has 0 heterocycles. The predicted molar refractivity (Wildman–Crippen MR) is 77.4 cm³/mol. The van der Waals surface area contributed by atoms with Crippen LogP contribution in [0.25, 0.3) is 0 Å². The highest BCUT2D eigenvalue weighted by Gasteiger charge is 2.30. The molecular formula is C14H19NO5S. The molecule has 1 aromatic rings. The summed E-state index contributed by atoms with van der Waals surface area (Å²) >= 11 is 0. The van der Waals surface area contributed by atoms with E-state index in [4.69, 9.17) is 5.11 Å². The molecule has 0 bridgehead atoms. The Morgan fingerprint density at radius 3 is 2.48 bits per heavy atom. The summed E-state index contributed by atoms with van der Waals surface area (Å²) in [6, 6.07) is 5.57. The lowest BCUT2D eigenvalue weighted by atomic mass is 10.1. The van der Waals surface area contributed by atoms with Crippen LogP contribution in [0.1, 0.15) is 35.2 Å². The number of sulfonamides is 1. The van der Waals surface area contributed by atoms with Crippen LogP contribution in [0.5, 0.6) is 0 Å². The highest BCUT2D eigenvalue weighted by Crippen LogP contribution is 2.26. The van der Waals surface area contributed by atoms with Crippen LogP contribution in [0, 0.1) is 5.92 Å². The van der Waals surface area contributed by atoms with Crippen LogP contribution < -0.4 is 4.72 Å². The maximum atomic E-state index is 12.1. The highest BCUT2D eigenvalue weighted by atomic mass is 32.2. The van der Waals surface area contributed by atoms with Crippen molar-refractivity contribution in [1.29, 1.82) is 0 Å². The molecular weight excluding hydrogens is 294 g/mol. The molecule has 0 radical (unpaired) electrons. The molecule has 3 N–H and O–H groups in total. The van der Waals surface area contributed by atoms with Gasteiger partial charge in [0, 0.05) is 12.6 Å². The predicted octanol–water partition coefficient (Wildman–Crippen LogP) is 0.965. The molecule has 21 heavy (non-hydrogen) atoms. The molecule has 6 nitrogen and oxygen atoms in total. The normalized spacial score (nSPS) is 22.3. The average Bonchev–Trinajstić information content (AvgIpc) is 2.85. The van der Waals surface area contributed by atoms with E-state index in [1.54, 1.807) is 0 Å². The minimum absolute atomic E-state index is 0.0134. The van der Waals surface area contributed by atoms with Crippen molar-refractivity contribution in [3.8, 4) is 0 Å². The Bertz CT molecular complexity index is 596. The fourth-order valence-electron chi connectivity index (χ4n) is 2.65. The van der Waals surface area contributed by atoms with Crippen molar-refractivity contribution >= 4 is 16.0 Å². The minimum Gasteiger partial charge on any atom is -0.478 e. The number of carboxylic acid groups (broad SMARTS) is 1. The van der Waals surface area contributed by atoms with Crippen molar-refractivity contribution in [3.63, 3.8) is 0 Å². The molecule has 1 aromatic carbocycles. The molecule has 2 rings (SSSR count). The summed E-state index contributed by atoms with van der Waals surface area (Å²) < 4.78 is 26.9. The Hall–Kier alpha value is -1.44. The molecule has 0 spiro atoms. The van der Waals surface area contributed by atoms with Crippen molar-refractivity contribution in [3.05, 3.63) is 35.4 Å². The average molecular weight is 313 g/mol. The third-order valence-corrected chi connectivity index (χ3v) is 5.16. The van der Waals surface area contributed by atoms with Crippen molar-refractivity contribution in [2.75, 3.05) is 6.61 Å². The lowest BCUT2D eigenvalue weighted by Gasteiger charge is -2.19. The number of aromatic carboxylic acids is 1. The highest BCUT2D eigenvalue weighted by molar-refractivity contribution is 7.88. The summed E-state index contributed by atoms with van der Waals surface area (Å²) in [6.45, 7) is -0.0134. The molecule has 1 aliphatic carbocycles. The molecule has 7 heteroatoms. The van der Waals surface area contributed by atoms with Crippen LogP contribution in [0.15, 0.2) is 24.3 Å². The first-order valence-electron chi connectivity index (χ1n) is 6.84. The summed E-state index contributed by atoms with van der Waals surface area (Å²) in [6.07, 6.45) is 2.48. The number of aliphatic hydroxyl groups excluding tert-OH is 1. The summed E-state index contributed by atoms with van der Waals surface area (Å²) in [7, 11) is -3.50. The first kappa shape index (κ1) is 15.9. The second-order valence-electron chi connectivity index (χ2n) is 5.36. The Kier molecular flexibility index (Phi) is 4.97. The molecule has 1 saturated carbocycles. The number of carboxylic acids is 1. The first-order chi connectivity index (χ1) is 9.91. The zero-order valence-corrected chi connectivity index (χ0v) is 12.3. The summed E-state index contributed by atoms with van der Waals surface area (Å²) in [5.41, 5.74) is 0.659. The van der Waals surface area contributed by atoms with Gasteiger partial charge in [-0.3, -0.25) is 0 Å².